The molecule has 25 heavy (non-hydrogen) atoms. The van der Waals surface area contributed by atoms with E-state index in [0.717, 1.165) is 16.6 Å². The van der Waals surface area contributed by atoms with Crippen molar-refractivity contribution in [3.8, 4) is 5.75 Å². The minimum atomic E-state index is -0.565. The van der Waals surface area contributed by atoms with E-state index < -0.39 is 5.97 Å². The number of hydrogen-bond donors (Lipinski definition) is 0. The Bertz CT molecular complexity index is 1020. The molecule has 0 unspecified atom stereocenters. The summed E-state index contributed by atoms with van der Waals surface area (Å²) in [6, 6.07) is 15.9. The number of fused-ring (bicyclic) bond motifs is 1. The number of furan rings is 1. The van der Waals surface area contributed by atoms with Gasteiger partial charge in [-0.25, -0.2) is 4.79 Å². The van der Waals surface area contributed by atoms with Gasteiger partial charge in [0.1, 0.15) is 5.75 Å². The van der Waals surface area contributed by atoms with Crippen LogP contribution < -0.4 is 4.74 Å². The second-order valence-electron chi connectivity index (χ2n) is 5.46. The van der Waals surface area contributed by atoms with Gasteiger partial charge in [0.25, 0.3) is 0 Å². The standard InChI is InChI=1S/C19H12ClNO4/c20-13-5-3-12(4-6-13)10-16-15-8-7-14(11-18(15)25-21-16)24-19(22)17-2-1-9-23-17/h1-9,11H,10H2. The molecule has 0 N–H and O–H groups in total. The molecule has 5 nitrogen and oxygen atoms in total. The van der Waals surface area contributed by atoms with Crippen LogP contribution in [0.3, 0.4) is 0 Å². The highest BCUT2D eigenvalue weighted by molar-refractivity contribution is 6.30. The van der Waals surface area contributed by atoms with Crippen molar-refractivity contribution in [1.82, 2.24) is 5.16 Å². The van der Waals surface area contributed by atoms with E-state index in [2.05, 4.69) is 5.16 Å². The predicted octanol–water partition coefficient (Wildman–Crippen LogP) is 4.88. The van der Waals surface area contributed by atoms with Crippen molar-refractivity contribution >= 4 is 28.5 Å². The van der Waals surface area contributed by atoms with Gasteiger partial charge in [0.15, 0.2) is 5.58 Å². The minimum Gasteiger partial charge on any atom is -0.457 e. The van der Waals surface area contributed by atoms with Crippen molar-refractivity contribution < 1.29 is 18.5 Å². The zero-order valence-corrected chi connectivity index (χ0v) is 13.7. The van der Waals surface area contributed by atoms with E-state index in [9.17, 15) is 4.79 Å². The Hall–Kier alpha value is -3.05. The molecule has 0 bridgehead atoms. The van der Waals surface area contributed by atoms with E-state index in [1.54, 1.807) is 24.3 Å². The zero-order chi connectivity index (χ0) is 17.2. The quantitative estimate of drug-likeness (QED) is 0.386. The number of benzene rings is 2. The van der Waals surface area contributed by atoms with Gasteiger partial charge in [-0.05, 0) is 42.0 Å². The number of rotatable bonds is 4. The highest BCUT2D eigenvalue weighted by atomic mass is 35.5. The Morgan fingerprint density at radius 2 is 1.96 bits per heavy atom. The molecule has 0 fully saturated rings. The molecule has 0 spiro atoms. The summed E-state index contributed by atoms with van der Waals surface area (Å²) in [5.74, 6) is -0.0607. The summed E-state index contributed by atoms with van der Waals surface area (Å²) < 4.78 is 15.7. The lowest BCUT2D eigenvalue weighted by molar-refractivity contribution is 0.0701. The van der Waals surface area contributed by atoms with Gasteiger partial charge in [-0.15, -0.1) is 0 Å². The highest BCUT2D eigenvalue weighted by Crippen LogP contribution is 2.26. The fraction of sp³-hybridized carbons (Fsp3) is 0.0526. The van der Waals surface area contributed by atoms with Crippen LogP contribution in [0.2, 0.25) is 5.02 Å². The average Bonchev–Trinajstić information content (AvgIpc) is 3.27. The van der Waals surface area contributed by atoms with Gasteiger partial charge in [-0.1, -0.05) is 28.9 Å². The molecule has 0 amide bonds. The third-order valence-electron chi connectivity index (χ3n) is 3.74. The summed E-state index contributed by atoms with van der Waals surface area (Å²) in [4.78, 5) is 11.9. The Kier molecular flexibility index (Phi) is 3.99. The molecule has 0 aliphatic carbocycles. The number of ether oxygens (including phenoxy) is 1. The van der Waals surface area contributed by atoms with E-state index >= 15 is 0 Å². The number of esters is 1. The zero-order valence-electron chi connectivity index (χ0n) is 12.9. The Labute approximate surface area is 147 Å². The number of aromatic nitrogens is 1. The molecule has 0 radical (unpaired) electrons. The summed E-state index contributed by atoms with van der Waals surface area (Å²) in [6.07, 6.45) is 2.04. The second kappa shape index (κ2) is 6.45. The van der Waals surface area contributed by atoms with Gasteiger partial charge in [-0.2, -0.15) is 0 Å². The molecular weight excluding hydrogens is 342 g/mol. The predicted molar refractivity (Wildman–Crippen MR) is 91.9 cm³/mol. The second-order valence-corrected chi connectivity index (χ2v) is 5.89. The van der Waals surface area contributed by atoms with Crippen LogP contribution >= 0.6 is 11.6 Å². The van der Waals surface area contributed by atoms with Crippen LogP contribution in [-0.2, 0) is 6.42 Å². The molecule has 2 aromatic heterocycles. The maximum atomic E-state index is 11.9. The first-order valence-electron chi connectivity index (χ1n) is 7.57. The topological polar surface area (TPSA) is 65.5 Å². The molecule has 4 aromatic rings. The third kappa shape index (κ3) is 3.27. The SMILES string of the molecule is O=C(Oc1ccc2c(Cc3ccc(Cl)cc3)noc2c1)c1ccco1. The summed E-state index contributed by atoms with van der Waals surface area (Å²) in [7, 11) is 0. The third-order valence-corrected chi connectivity index (χ3v) is 3.99. The van der Waals surface area contributed by atoms with Crippen LogP contribution in [0, 0.1) is 0 Å². The van der Waals surface area contributed by atoms with E-state index in [1.165, 1.54) is 6.26 Å². The number of carbonyl (C=O) groups is 1. The fourth-order valence-electron chi connectivity index (χ4n) is 2.51. The number of carbonyl (C=O) groups excluding carboxylic acids is 1. The van der Waals surface area contributed by atoms with Crippen LogP contribution in [0.5, 0.6) is 5.75 Å². The van der Waals surface area contributed by atoms with Gasteiger partial charge in [-0.3, -0.25) is 0 Å². The maximum Gasteiger partial charge on any atom is 0.379 e. The highest BCUT2D eigenvalue weighted by Gasteiger charge is 2.14. The molecule has 0 atom stereocenters. The summed E-state index contributed by atoms with van der Waals surface area (Å²) in [5, 5.41) is 5.68. The van der Waals surface area contributed by atoms with E-state index in [1.807, 2.05) is 30.3 Å². The van der Waals surface area contributed by atoms with E-state index in [0.29, 0.717) is 22.8 Å². The monoisotopic (exact) mass is 353 g/mol. The molecular formula is C19H12ClNO4. The molecule has 6 heteroatoms. The number of halogens is 1. The molecule has 4 rings (SSSR count). The van der Waals surface area contributed by atoms with Crippen LogP contribution in [0.4, 0.5) is 0 Å². The number of nitrogens with zero attached hydrogens (tertiary/aromatic N) is 1. The van der Waals surface area contributed by atoms with Crippen LogP contribution in [0.15, 0.2) is 69.8 Å². The first-order chi connectivity index (χ1) is 12.2. The Morgan fingerprint density at radius 1 is 1.12 bits per heavy atom. The van der Waals surface area contributed by atoms with E-state index in [4.69, 9.17) is 25.3 Å². The lowest BCUT2D eigenvalue weighted by atomic mass is 10.1. The first-order valence-corrected chi connectivity index (χ1v) is 7.95. The van der Waals surface area contributed by atoms with Crippen molar-refractivity contribution in [2.24, 2.45) is 0 Å². The summed E-state index contributed by atoms with van der Waals surface area (Å²) in [6.45, 7) is 0. The van der Waals surface area contributed by atoms with Crippen molar-refractivity contribution in [2.45, 2.75) is 6.42 Å². The van der Waals surface area contributed by atoms with E-state index in [-0.39, 0.29) is 5.76 Å². The molecule has 0 aliphatic rings. The first kappa shape index (κ1) is 15.5. The van der Waals surface area contributed by atoms with Crippen molar-refractivity contribution in [3.05, 3.63) is 82.9 Å². The minimum absolute atomic E-state index is 0.140. The molecule has 0 saturated carbocycles. The molecule has 2 aromatic carbocycles. The van der Waals surface area contributed by atoms with Gasteiger partial charge in [0.2, 0.25) is 5.76 Å². The van der Waals surface area contributed by atoms with Gasteiger partial charge >= 0.3 is 5.97 Å². The molecule has 124 valence electrons. The molecule has 2 heterocycles. The van der Waals surface area contributed by atoms with Crippen molar-refractivity contribution in [2.75, 3.05) is 0 Å². The molecule has 0 saturated heterocycles. The van der Waals surface area contributed by atoms with Crippen LogP contribution in [0.1, 0.15) is 21.8 Å². The van der Waals surface area contributed by atoms with Gasteiger partial charge in [0.05, 0.1) is 12.0 Å². The van der Waals surface area contributed by atoms with Crippen LogP contribution in [-0.4, -0.2) is 11.1 Å². The number of hydrogen-bond acceptors (Lipinski definition) is 5. The summed E-state index contributed by atoms with van der Waals surface area (Å²) >= 11 is 5.90. The largest absolute Gasteiger partial charge is 0.457 e. The fourth-order valence-corrected chi connectivity index (χ4v) is 2.63. The maximum absolute atomic E-state index is 11.9. The lowest BCUT2D eigenvalue weighted by Gasteiger charge is -2.02. The van der Waals surface area contributed by atoms with Crippen molar-refractivity contribution in [1.29, 1.82) is 0 Å². The average molecular weight is 354 g/mol. The summed E-state index contributed by atoms with van der Waals surface area (Å²) in [5.41, 5.74) is 2.43. The lowest BCUT2D eigenvalue weighted by Crippen LogP contribution is -2.06. The van der Waals surface area contributed by atoms with Gasteiger partial charge in [0, 0.05) is 22.9 Å². The van der Waals surface area contributed by atoms with Crippen LogP contribution in [0.25, 0.3) is 11.0 Å². The Morgan fingerprint density at radius 3 is 2.72 bits per heavy atom. The smallest absolute Gasteiger partial charge is 0.379 e. The Balaban J connectivity index is 1.56. The van der Waals surface area contributed by atoms with Gasteiger partial charge < -0.3 is 13.7 Å². The molecule has 0 aliphatic heterocycles. The van der Waals surface area contributed by atoms with Crippen molar-refractivity contribution in [3.63, 3.8) is 0 Å². The normalized spacial score (nSPS) is 10.9.